The van der Waals surface area contributed by atoms with Crippen molar-refractivity contribution in [1.29, 1.82) is 0 Å². The Kier molecular flexibility index (Phi) is 4.55. The van der Waals surface area contributed by atoms with E-state index in [1.165, 1.54) is 19.3 Å². The Labute approximate surface area is 152 Å². The van der Waals surface area contributed by atoms with E-state index in [2.05, 4.69) is 9.88 Å². The van der Waals surface area contributed by atoms with Crippen LogP contribution in [-0.2, 0) is 4.79 Å². The van der Waals surface area contributed by atoms with Crippen molar-refractivity contribution in [3.8, 4) is 0 Å². The third-order valence-electron chi connectivity index (χ3n) is 4.80. The van der Waals surface area contributed by atoms with Crippen molar-refractivity contribution in [3.63, 3.8) is 0 Å². The molecule has 0 N–H and O–H groups in total. The number of anilines is 1. The second-order valence-corrected chi connectivity index (χ2v) is 7.00. The van der Waals surface area contributed by atoms with Crippen LogP contribution in [0.25, 0.3) is 11.6 Å². The molecule has 2 aliphatic rings. The van der Waals surface area contributed by atoms with E-state index in [9.17, 15) is 4.79 Å². The highest BCUT2D eigenvalue weighted by atomic mass is 35.5. The second kappa shape index (κ2) is 6.98. The summed E-state index contributed by atoms with van der Waals surface area (Å²) in [5, 5.41) is 0.651. The van der Waals surface area contributed by atoms with Crippen molar-refractivity contribution in [2.24, 2.45) is 0 Å². The lowest BCUT2D eigenvalue weighted by Crippen LogP contribution is -2.42. The van der Waals surface area contributed by atoms with Crippen LogP contribution in [0, 0.1) is 0 Å². The molecule has 0 aliphatic carbocycles. The molecule has 2 aromatic rings. The molecule has 128 valence electrons. The van der Waals surface area contributed by atoms with Crippen LogP contribution in [0.2, 0.25) is 5.02 Å². The van der Waals surface area contributed by atoms with Gasteiger partial charge in [-0.3, -0.25) is 19.6 Å². The van der Waals surface area contributed by atoms with Crippen LogP contribution >= 0.6 is 11.6 Å². The number of fused-ring (bicyclic) bond motifs is 1. The lowest BCUT2D eigenvalue weighted by atomic mass is 10.1. The Hall–Kier alpha value is -2.17. The van der Waals surface area contributed by atoms with E-state index in [4.69, 9.17) is 11.6 Å². The lowest BCUT2D eigenvalue weighted by Gasteiger charge is -2.30. The zero-order valence-electron chi connectivity index (χ0n) is 14.0. The molecule has 4 rings (SSSR count). The number of nitrogens with zero attached hydrogens (tertiary/aromatic N) is 3. The largest absolute Gasteiger partial charge is 0.294 e. The first kappa shape index (κ1) is 16.3. The quantitative estimate of drug-likeness (QED) is 0.780. The van der Waals surface area contributed by atoms with Crippen molar-refractivity contribution in [2.75, 3.05) is 24.7 Å². The topological polar surface area (TPSA) is 36.4 Å². The van der Waals surface area contributed by atoms with Crippen molar-refractivity contribution < 1.29 is 4.79 Å². The number of benzene rings is 1. The molecule has 1 aromatic carbocycles. The summed E-state index contributed by atoms with van der Waals surface area (Å²) in [6, 6.07) is 9.50. The minimum atomic E-state index is 0.0340. The standard InChI is InChI=1S/C20H20ClN3O/c21-16-6-7-17-18(11-15-5-4-8-22-13-15)20(25)24(19(17)12-16)14-23-9-2-1-3-10-23/h4-8,11-13H,1-3,9-10,14H2/b18-11-. The van der Waals surface area contributed by atoms with Gasteiger partial charge >= 0.3 is 0 Å². The monoisotopic (exact) mass is 353 g/mol. The molecule has 4 nitrogen and oxygen atoms in total. The molecule has 0 unspecified atom stereocenters. The Morgan fingerprint density at radius 3 is 2.76 bits per heavy atom. The number of pyridine rings is 1. The van der Waals surface area contributed by atoms with Gasteiger partial charge in [-0.05, 0) is 55.8 Å². The van der Waals surface area contributed by atoms with Crippen LogP contribution in [0.5, 0.6) is 0 Å². The molecule has 1 saturated heterocycles. The molecule has 3 heterocycles. The maximum Gasteiger partial charge on any atom is 0.260 e. The third-order valence-corrected chi connectivity index (χ3v) is 5.04. The van der Waals surface area contributed by atoms with Crippen molar-refractivity contribution in [1.82, 2.24) is 9.88 Å². The number of carbonyl (C=O) groups is 1. The highest BCUT2D eigenvalue weighted by Gasteiger charge is 2.33. The fraction of sp³-hybridized carbons (Fsp3) is 0.300. The molecule has 25 heavy (non-hydrogen) atoms. The number of piperidine rings is 1. The number of hydrogen-bond donors (Lipinski definition) is 0. The minimum Gasteiger partial charge on any atom is -0.294 e. The van der Waals surface area contributed by atoms with Gasteiger partial charge < -0.3 is 0 Å². The second-order valence-electron chi connectivity index (χ2n) is 6.56. The van der Waals surface area contributed by atoms with Crippen LogP contribution in [0.1, 0.15) is 30.4 Å². The van der Waals surface area contributed by atoms with E-state index >= 15 is 0 Å². The Bertz CT molecular complexity index is 813. The summed E-state index contributed by atoms with van der Waals surface area (Å²) < 4.78 is 0. The number of hydrogen-bond acceptors (Lipinski definition) is 3. The van der Waals surface area contributed by atoms with E-state index in [-0.39, 0.29) is 5.91 Å². The zero-order chi connectivity index (χ0) is 17.2. The third kappa shape index (κ3) is 3.32. The van der Waals surface area contributed by atoms with Gasteiger partial charge in [-0.1, -0.05) is 30.2 Å². The number of likely N-dealkylation sites (tertiary alicyclic amines) is 1. The highest BCUT2D eigenvalue weighted by molar-refractivity contribution is 6.37. The number of rotatable bonds is 3. The van der Waals surface area contributed by atoms with Gasteiger partial charge in [-0.15, -0.1) is 0 Å². The van der Waals surface area contributed by atoms with Gasteiger partial charge in [0, 0.05) is 28.6 Å². The summed E-state index contributed by atoms with van der Waals surface area (Å²) in [6.07, 6.45) is 9.08. The average molecular weight is 354 g/mol. The van der Waals surface area contributed by atoms with Crippen LogP contribution in [0.4, 0.5) is 5.69 Å². The summed E-state index contributed by atoms with van der Waals surface area (Å²) in [6.45, 7) is 2.71. The Morgan fingerprint density at radius 2 is 2.00 bits per heavy atom. The lowest BCUT2D eigenvalue weighted by molar-refractivity contribution is -0.113. The van der Waals surface area contributed by atoms with Gasteiger partial charge in [0.15, 0.2) is 0 Å². The SMILES string of the molecule is O=C1/C(=C\c2cccnc2)c2ccc(Cl)cc2N1CN1CCCCC1. The van der Waals surface area contributed by atoms with Crippen molar-refractivity contribution in [2.45, 2.75) is 19.3 Å². The normalized spacial score (nSPS) is 19.5. The molecule has 5 heteroatoms. The van der Waals surface area contributed by atoms with Crippen molar-refractivity contribution >= 4 is 34.8 Å². The number of aromatic nitrogens is 1. The number of carbonyl (C=O) groups excluding carboxylic acids is 1. The van der Waals surface area contributed by atoms with Crippen LogP contribution in [-0.4, -0.2) is 35.5 Å². The number of halogens is 1. The van der Waals surface area contributed by atoms with E-state index in [0.29, 0.717) is 17.3 Å². The van der Waals surface area contributed by atoms with Gasteiger partial charge in [0.05, 0.1) is 12.4 Å². The van der Waals surface area contributed by atoms with E-state index < -0.39 is 0 Å². The fourth-order valence-corrected chi connectivity index (χ4v) is 3.70. The summed E-state index contributed by atoms with van der Waals surface area (Å²) >= 11 is 6.21. The van der Waals surface area contributed by atoms with Crippen LogP contribution in [0.3, 0.4) is 0 Å². The molecular weight excluding hydrogens is 334 g/mol. The molecule has 1 amide bonds. The van der Waals surface area contributed by atoms with Gasteiger partial charge in [-0.25, -0.2) is 0 Å². The predicted molar refractivity (Wildman–Crippen MR) is 101 cm³/mol. The molecule has 2 aliphatic heterocycles. The number of amides is 1. The smallest absolute Gasteiger partial charge is 0.260 e. The highest BCUT2D eigenvalue weighted by Crippen LogP contribution is 2.39. The first-order valence-corrected chi connectivity index (χ1v) is 9.06. The zero-order valence-corrected chi connectivity index (χ0v) is 14.7. The first-order chi connectivity index (χ1) is 12.2. The van der Waals surface area contributed by atoms with E-state index in [1.807, 2.05) is 41.3 Å². The van der Waals surface area contributed by atoms with Gasteiger partial charge in [0.2, 0.25) is 0 Å². The predicted octanol–water partition coefficient (Wildman–Crippen LogP) is 4.07. The molecule has 1 fully saturated rings. The fourth-order valence-electron chi connectivity index (χ4n) is 3.53. The molecule has 0 bridgehead atoms. The van der Waals surface area contributed by atoms with Gasteiger partial charge in [0.25, 0.3) is 5.91 Å². The summed E-state index contributed by atoms with van der Waals surface area (Å²) in [5.41, 5.74) is 3.47. The molecule has 1 aromatic heterocycles. The van der Waals surface area contributed by atoms with Crippen LogP contribution < -0.4 is 4.90 Å². The minimum absolute atomic E-state index is 0.0340. The molecule has 0 atom stereocenters. The maximum atomic E-state index is 13.1. The van der Waals surface area contributed by atoms with E-state index in [1.54, 1.807) is 12.4 Å². The van der Waals surface area contributed by atoms with Gasteiger partial charge in [-0.2, -0.15) is 0 Å². The molecule has 0 saturated carbocycles. The summed E-state index contributed by atoms with van der Waals surface area (Å²) in [7, 11) is 0. The maximum absolute atomic E-state index is 13.1. The van der Waals surface area contributed by atoms with Gasteiger partial charge in [0.1, 0.15) is 0 Å². The van der Waals surface area contributed by atoms with E-state index in [0.717, 1.165) is 29.9 Å². The van der Waals surface area contributed by atoms with Crippen molar-refractivity contribution in [3.05, 3.63) is 58.9 Å². The average Bonchev–Trinajstić information content (AvgIpc) is 2.89. The Morgan fingerprint density at radius 1 is 1.16 bits per heavy atom. The summed E-state index contributed by atoms with van der Waals surface area (Å²) in [5.74, 6) is 0.0340. The molecule has 0 spiro atoms. The van der Waals surface area contributed by atoms with Crippen LogP contribution in [0.15, 0.2) is 42.7 Å². The molecular formula is C20H20ClN3O. The summed E-state index contributed by atoms with van der Waals surface area (Å²) in [4.78, 5) is 21.5. The Balaban J connectivity index is 1.71. The first-order valence-electron chi connectivity index (χ1n) is 8.68. The molecule has 0 radical (unpaired) electrons.